The molecule has 4 aliphatic carbocycles. The maximum atomic E-state index is 14.0. The highest BCUT2D eigenvalue weighted by Crippen LogP contribution is 2.67. The van der Waals surface area contributed by atoms with E-state index in [4.69, 9.17) is 9.47 Å². The molecule has 1 aromatic heterocycles. The maximum Gasteiger partial charge on any atom is 0.312 e. The summed E-state index contributed by atoms with van der Waals surface area (Å²) < 4.78 is 10.6. The number of likely N-dealkylation sites (tertiary alicyclic amines) is 1. The molecule has 5 fully saturated rings. The summed E-state index contributed by atoms with van der Waals surface area (Å²) in [5, 5.41) is 8.24. The highest BCUT2D eigenvalue weighted by atomic mass is 32.1. The number of amides is 3. The molecule has 5 aliphatic rings. The van der Waals surface area contributed by atoms with Crippen LogP contribution in [-0.2, 0) is 28.7 Å². The van der Waals surface area contributed by atoms with E-state index in [0.717, 1.165) is 38.6 Å². The zero-order valence-corrected chi connectivity index (χ0v) is 28.0. The molecule has 0 radical (unpaired) electrons. The smallest absolute Gasteiger partial charge is 0.312 e. The van der Waals surface area contributed by atoms with Gasteiger partial charge >= 0.3 is 11.9 Å². The molecule has 1 aliphatic heterocycles. The van der Waals surface area contributed by atoms with E-state index in [0.29, 0.717) is 24.3 Å². The summed E-state index contributed by atoms with van der Waals surface area (Å²) in [5.41, 5.74) is -0.659. The van der Waals surface area contributed by atoms with E-state index in [9.17, 15) is 24.0 Å². The van der Waals surface area contributed by atoms with Crippen molar-refractivity contribution < 1.29 is 33.4 Å². The van der Waals surface area contributed by atoms with Crippen molar-refractivity contribution in [2.24, 2.45) is 17.3 Å². The molecule has 6 rings (SSSR count). The Hall–Kier alpha value is -3.06. The number of methoxy groups -OCH3 is 1. The number of carbonyl (C=O) groups is 5. The van der Waals surface area contributed by atoms with Crippen LogP contribution in [0.4, 0.5) is 0 Å². The molecule has 13 heteroatoms. The highest BCUT2D eigenvalue weighted by Gasteiger charge is 2.73. The average Bonchev–Trinajstić information content (AvgIpc) is 3.68. The van der Waals surface area contributed by atoms with Crippen LogP contribution in [0.3, 0.4) is 0 Å². The molecule has 0 unspecified atom stereocenters. The number of nitrogens with zero attached hydrogens (tertiary/aromatic N) is 3. The Morgan fingerprint density at radius 2 is 1.82 bits per heavy atom. The first kappa shape index (κ1) is 33.3. The second kappa shape index (κ2) is 13.0. The minimum atomic E-state index is -0.765. The SMILES string of the molecule is COC(=O)C12CC(NC(=O)c3csc([C@@H](C[C@H](C(C)C)N(C)C(=O)[C@@H](NC(=O)[C@H]4CCCCN4C)C4CC4)OC(C)=O)n3)(C1)C2. The number of rotatable bonds is 13. The molecule has 12 nitrogen and oxygen atoms in total. The molecule has 1 aromatic rings. The first-order valence-electron chi connectivity index (χ1n) is 16.1. The Morgan fingerprint density at radius 1 is 1.13 bits per heavy atom. The number of hydrogen-bond acceptors (Lipinski definition) is 10. The van der Waals surface area contributed by atoms with E-state index >= 15 is 0 Å². The predicted molar refractivity (Wildman–Crippen MR) is 166 cm³/mol. The quantitative estimate of drug-likeness (QED) is 0.309. The lowest BCUT2D eigenvalue weighted by Crippen LogP contribution is -2.77. The number of hydrogen-bond donors (Lipinski definition) is 2. The third-order valence-corrected chi connectivity index (χ3v) is 11.1. The van der Waals surface area contributed by atoms with Crippen LogP contribution in [0.5, 0.6) is 0 Å². The largest absolute Gasteiger partial charge is 0.469 e. The number of piperidine rings is 1. The zero-order chi connectivity index (χ0) is 32.7. The molecule has 2 bridgehead atoms. The van der Waals surface area contributed by atoms with E-state index in [1.807, 2.05) is 20.9 Å². The molecular formula is C32H47N5O7S. The predicted octanol–water partition coefficient (Wildman–Crippen LogP) is 2.83. The lowest BCUT2D eigenvalue weighted by atomic mass is 9.39. The topological polar surface area (TPSA) is 147 Å². The maximum absolute atomic E-state index is 14.0. The van der Waals surface area contributed by atoms with Crippen molar-refractivity contribution in [1.82, 2.24) is 25.4 Å². The van der Waals surface area contributed by atoms with E-state index in [1.165, 1.54) is 25.4 Å². The summed E-state index contributed by atoms with van der Waals surface area (Å²) in [7, 11) is 5.08. The number of nitrogens with one attached hydrogen (secondary N) is 2. The molecule has 2 heterocycles. The first-order chi connectivity index (χ1) is 21.3. The molecule has 3 amide bonds. The van der Waals surface area contributed by atoms with Gasteiger partial charge in [0.2, 0.25) is 11.8 Å². The molecule has 0 aromatic carbocycles. The third kappa shape index (κ3) is 6.89. The van der Waals surface area contributed by atoms with Gasteiger partial charge in [-0.2, -0.15) is 0 Å². The molecule has 0 spiro atoms. The van der Waals surface area contributed by atoms with Crippen LogP contribution >= 0.6 is 11.3 Å². The summed E-state index contributed by atoms with van der Waals surface area (Å²) in [6.07, 6.45) is 5.82. The summed E-state index contributed by atoms with van der Waals surface area (Å²) in [4.78, 5) is 72.8. The molecule has 248 valence electrons. The Morgan fingerprint density at radius 3 is 2.40 bits per heavy atom. The van der Waals surface area contributed by atoms with Crippen molar-refractivity contribution in [2.45, 2.75) is 108 Å². The van der Waals surface area contributed by atoms with E-state index < -0.39 is 29.1 Å². The molecule has 2 N–H and O–H groups in total. The number of ether oxygens (including phenoxy) is 2. The van der Waals surface area contributed by atoms with Crippen LogP contribution in [0.1, 0.15) is 100 Å². The summed E-state index contributed by atoms with van der Waals surface area (Å²) in [6.45, 7) is 6.21. The van der Waals surface area contributed by atoms with Gasteiger partial charge in [0.1, 0.15) is 16.7 Å². The van der Waals surface area contributed by atoms with Gasteiger partial charge in [0, 0.05) is 37.4 Å². The van der Waals surface area contributed by atoms with Gasteiger partial charge in [-0.25, -0.2) is 4.98 Å². The van der Waals surface area contributed by atoms with Crippen molar-refractivity contribution in [3.63, 3.8) is 0 Å². The van der Waals surface area contributed by atoms with Crippen molar-refractivity contribution in [1.29, 1.82) is 0 Å². The summed E-state index contributed by atoms with van der Waals surface area (Å²) in [6, 6.07) is -1.15. The number of aromatic nitrogens is 1. The minimum absolute atomic E-state index is 0.00572. The van der Waals surface area contributed by atoms with Gasteiger partial charge < -0.3 is 25.0 Å². The number of esters is 2. The Bertz CT molecular complexity index is 1310. The monoisotopic (exact) mass is 645 g/mol. The van der Waals surface area contributed by atoms with Gasteiger partial charge in [-0.1, -0.05) is 20.3 Å². The number of thiazole rings is 1. The minimum Gasteiger partial charge on any atom is -0.469 e. The van der Waals surface area contributed by atoms with Gasteiger partial charge in [0.15, 0.2) is 6.10 Å². The van der Waals surface area contributed by atoms with Gasteiger partial charge in [0.25, 0.3) is 5.91 Å². The first-order valence-corrected chi connectivity index (χ1v) is 17.0. The van der Waals surface area contributed by atoms with Crippen LogP contribution < -0.4 is 10.6 Å². The molecule has 4 saturated carbocycles. The van der Waals surface area contributed by atoms with Crippen molar-refractivity contribution >= 4 is 41.0 Å². The molecular weight excluding hydrogens is 598 g/mol. The number of likely N-dealkylation sites (N-methyl/N-ethyl adjacent to an activating group) is 2. The van der Waals surface area contributed by atoms with Gasteiger partial charge in [-0.3, -0.25) is 28.9 Å². The van der Waals surface area contributed by atoms with Gasteiger partial charge in [-0.05, 0) is 70.4 Å². The van der Waals surface area contributed by atoms with E-state index in [1.54, 1.807) is 17.3 Å². The Labute approximate surface area is 269 Å². The van der Waals surface area contributed by atoms with Crippen LogP contribution in [0.25, 0.3) is 0 Å². The van der Waals surface area contributed by atoms with Crippen molar-refractivity contribution in [2.75, 3.05) is 27.7 Å². The summed E-state index contributed by atoms with van der Waals surface area (Å²) >= 11 is 1.23. The fourth-order valence-electron chi connectivity index (χ4n) is 7.54. The second-order valence-electron chi connectivity index (χ2n) is 14.0. The van der Waals surface area contributed by atoms with Crippen LogP contribution in [0.15, 0.2) is 5.38 Å². The lowest BCUT2D eigenvalue weighted by molar-refractivity contribution is -0.199. The zero-order valence-electron chi connectivity index (χ0n) is 27.2. The summed E-state index contributed by atoms with van der Waals surface area (Å²) in [5.74, 6) is -1.18. The molecule has 4 atom stereocenters. The van der Waals surface area contributed by atoms with E-state index in [-0.39, 0.29) is 59.7 Å². The lowest BCUT2D eigenvalue weighted by Gasteiger charge is -2.68. The number of carbonyl (C=O) groups excluding carboxylic acids is 5. The standard InChI is InChI=1S/C32H47N5O7S/c1-18(2)23(37(5)29(41)25(20-10-11-20)34-27(40)22-9-7-8-12-36(22)4)13-24(44-19(3)38)28-33-21(14-45-28)26(39)35-32-15-31(16-32,17-32)30(42)43-6/h14,18,20,22-25H,7-13,15-17H2,1-6H3,(H,34,40)(H,35,39)/t22-,23-,24-,25+,31?,32?/m1/s1. The average molecular weight is 646 g/mol. The Balaban J connectivity index is 1.25. The van der Waals surface area contributed by atoms with Gasteiger partial charge in [-0.15, -0.1) is 11.3 Å². The fourth-order valence-corrected chi connectivity index (χ4v) is 8.38. The highest BCUT2D eigenvalue weighted by molar-refractivity contribution is 7.09. The molecule has 1 saturated heterocycles. The fraction of sp³-hybridized carbons (Fsp3) is 0.750. The third-order valence-electron chi connectivity index (χ3n) is 10.2. The van der Waals surface area contributed by atoms with Gasteiger partial charge in [0.05, 0.1) is 18.6 Å². The van der Waals surface area contributed by atoms with Crippen LogP contribution in [-0.4, -0.2) is 95.9 Å². The van der Waals surface area contributed by atoms with E-state index in [2.05, 4.69) is 20.5 Å². The Kier molecular flexibility index (Phi) is 9.61. The van der Waals surface area contributed by atoms with Crippen LogP contribution in [0.2, 0.25) is 0 Å². The van der Waals surface area contributed by atoms with Crippen molar-refractivity contribution in [3.8, 4) is 0 Å². The second-order valence-corrected chi connectivity index (χ2v) is 14.9. The normalized spacial score (nSPS) is 27.7. The van der Waals surface area contributed by atoms with Crippen LogP contribution in [0, 0.1) is 17.3 Å². The molecule has 45 heavy (non-hydrogen) atoms. The van der Waals surface area contributed by atoms with Crippen molar-refractivity contribution in [3.05, 3.63) is 16.1 Å².